The minimum atomic E-state index is 0.00898. The van der Waals surface area contributed by atoms with Crippen LogP contribution in [0.5, 0.6) is 0 Å². The Bertz CT molecular complexity index is 905. The predicted molar refractivity (Wildman–Crippen MR) is 110 cm³/mol. The molecule has 6 nitrogen and oxygen atoms in total. The number of aromatic nitrogens is 2. The van der Waals surface area contributed by atoms with E-state index >= 15 is 0 Å². The van der Waals surface area contributed by atoms with Crippen molar-refractivity contribution in [2.45, 2.75) is 32.1 Å². The van der Waals surface area contributed by atoms with E-state index < -0.39 is 0 Å². The number of carbonyl (C=O) groups excluding carboxylic acids is 1. The first-order valence-electron chi connectivity index (χ1n) is 9.70. The van der Waals surface area contributed by atoms with E-state index in [2.05, 4.69) is 27.3 Å². The van der Waals surface area contributed by atoms with Gasteiger partial charge in [0.05, 0.1) is 17.3 Å². The van der Waals surface area contributed by atoms with Gasteiger partial charge in [-0.15, -0.1) is 11.3 Å². The van der Waals surface area contributed by atoms with E-state index in [9.17, 15) is 4.79 Å². The van der Waals surface area contributed by atoms with E-state index in [1.54, 1.807) is 11.3 Å². The summed E-state index contributed by atoms with van der Waals surface area (Å²) in [4.78, 5) is 20.2. The van der Waals surface area contributed by atoms with Gasteiger partial charge in [-0.1, -0.05) is 30.3 Å². The summed E-state index contributed by atoms with van der Waals surface area (Å²) in [5.41, 5.74) is 2.10. The lowest BCUT2D eigenvalue weighted by molar-refractivity contribution is -0.117. The molecule has 7 heteroatoms. The van der Waals surface area contributed by atoms with Crippen LogP contribution in [0, 0.1) is 0 Å². The number of thiophene rings is 1. The largest absolute Gasteiger partial charge is 0.339 e. The van der Waals surface area contributed by atoms with E-state index in [0.29, 0.717) is 18.3 Å². The van der Waals surface area contributed by atoms with E-state index in [4.69, 9.17) is 4.52 Å². The summed E-state index contributed by atoms with van der Waals surface area (Å²) < 4.78 is 5.52. The van der Waals surface area contributed by atoms with E-state index in [0.717, 1.165) is 42.9 Å². The molecular weight excluding hydrogens is 372 g/mol. The van der Waals surface area contributed by atoms with Gasteiger partial charge in [-0.05, 0) is 54.9 Å². The number of carbonyl (C=O) groups is 1. The molecule has 0 radical (unpaired) electrons. The molecule has 1 aliphatic rings. The average molecular weight is 397 g/mol. The van der Waals surface area contributed by atoms with Gasteiger partial charge in [-0.2, -0.15) is 4.98 Å². The van der Waals surface area contributed by atoms with Crippen molar-refractivity contribution in [1.29, 1.82) is 0 Å². The van der Waals surface area contributed by atoms with Crippen LogP contribution in [0.2, 0.25) is 0 Å². The Hall–Kier alpha value is -2.51. The maximum absolute atomic E-state index is 12.4. The number of aryl methyl sites for hydroxylation is 1. The van der Waals surface area contributed by atoms with Gasteiger partial charge >= 0.3 is 0 Å². The smallest absolute Gasteiger partial charge is 0.238 e. The Labute approximate surface area is 168 Å². The average Bonchev–Trinajstić information content (AvgIpc) is 3.40. The lowest BCUT2D eigenvalue weighted by Gasteiger charge is -2.30. The van der Waals surface area contributed by atoms with Crippen molar-refractivity contribution in [3.05, 3.63) is 53.2 Å². The normalized spacial score (nSPS) is 17.5. The summed E-state index contributed by atoms with van der Waals surface area (Å²) in [6, 6.07) is 12.0. The number of amides is 1. The van der Waals surface area contributed by atoms with Crippen LogP contribution in [0.4, 0.5) is 5.69 Å². The Morgan fingerprint density at radius 1 is 1.32 bits per heavy atom. The van der Waals surface area contributed by atoms with E-state index in [1.165, 1.54) is 5.56 Å². The standard InChI is InChI=1S/C21H24N4O2S/c1-2-15-7-9-17(10-8-15)22-19(26)14-25-11-3-5-16(13-25)21-23-20(24-27-21)18-6-4-12-28-18/h4,6-10,12,16H,2-3,5,11,13-14H2,1H3,(H,22,26). The number of nitrogens with one attached hydrogen (secondary N) is 1. The van der Waals surface area contributed by atoms with Crippen LogP contribution < -0.4 is 5.32 Å². The van der Waals surface area contributed by atoms with Gasteiger partial charge in [-0.25, -0.2) is 0 Å². The van der Waals surface area contributed by atoms with Crippen LogP contribution >= 0.6 is 11.3 Å². The van der Waals surface area contributed by atoms with Crippen molar-refractivity contribution in [2.24, 2.45) is 0 Å². The molecule has 4 rings (SSSR count). The molecule has 1 saturated heterocycles. The lowest BCUT2D eigenvalue weighted by atomic mass is 9.98. The van der Waals surface area contributed by atoms with Gasteiger partial charge in [0.2, 0.25) is 17.6 Å². The van der Waals surface area contributed by atoms with Gasteiger partial charge in [-0.3, -0.25) is 9.69 Å². The fourth-order valence-corrected chi connectivity index (χ4v) is 4.18. The van der Waals surface area contributed by atoms with Crippen LogP contribution in [0.15, 0.2) is 46.3 Å². The molecular formula is C21H24N4O2S. The molecule has 1 N–H and O–H groups in total. The van der Waals surface area contributed by atoms with Crippen LogP contribution in [-0.4, -0.2) is 40.6 Å². The minimum absolute atomic E-state index is 0.00898. The summed E-state index contributed by atoms with van der Waals surface area (Å²) in [5.74, 6) is 1.50. The molecule has 1 unspecified atom stereocenters. The maximum Gasteiger partial charge on any atom is 0.238 e. The predicted octanol–water partition coefficient (Wildman–Crippen LogP) is 4.18. The molecule has 1 amide bonds. The fourth-order valence-electron chi connectivity index (χ4n) is 3.54. The molecule has 0 bridgehead atoms. The summed E-state index contributed by atoms with van der Waals surface area (Å²) >= 11 is 1.60. The molecule has 0 saturated carbocycles. The summed E-state index contributed by atoms with van der Waals surface area (Å²) in [6.45, 7) is 4.16. The number of likely N-dealkylation sites (tertiary alicyclic amines) is 1. The van der Waals surface area contributed by atoms with Crippen LogP contribution in [0.1, 0.15) is 37.1 Å². The van der Waals surface area contributed by atoms with Crippen molar-refractivity contribution in [3.63, 3.8) is 0 Å². The van der Waals surface area contributed by atoms with Crippen LogP contribution in [-0.2, 0) is 11.2 Å². The first-order chi connectivity index (χ1) is 13.7. The number of piperidine rings is 1. The van der Waals surface area contributed by atoms with Crippen molar-refractivity contribution in [2.75, 3.05) is 25.0 Å². The number of rotatable bonds is 6. The van der Waals surface area contributed by atoms with Crippen LogP contribution in [0.25, 0.3) is 10.7 Å². The molecule has 1 fully saturated rings. The number of anilines is 1. The van der Waals surface area contributed by atoms with Gasteiger partial charge in [0.15, 0.2) is 0 Å². The zero-order valence-electron chi connectivity index (χ0n) is 15.9. The van der Waals surface area contributed by atoms with Gasteiger partial charge < -0.3 is 9.84 Å². The van der Waals surface area contributed by atoms with Crippen molar-refractivity contribution < 1.29 is 9.32 Å². The SMILES string of the molecule is CCc1ccc(NC(=O)CN2CCCC(c3nc(-c4cccs4)no3)C2)cc1. The number of hydrogen-bond acceptors (Lipinski definition) is 6. The molecule has 3 aromatic rings. The summed E-state index contributed by atoms with van der Waals surface area (Å²) in [6.07, 6.45) is 3.01. The quantitative estimate of drug-likeness (QED) is 0.677. The lowest BCUT2D eigenvalue weighted by Crippen LogP contribution is -2.39. The van der Waals surface area contributed by atoms with Crippen molar-refractivity contribution in [1.82, 2.24) is 15.0 Å². The fraction of sp³-hybridized carbons (Fsp3) is 0.381. The third-order valence-electron chi connectivity index (χ3n) is 5.05. The second-order valence-electron chi connectivity index (χ2n) is 7.11. The van der Waals surface area contributed by atoms with Crippen LogP contribution in [0.3, 0.4) is 0 Å². The number of nitrogens with zero attached hydrogens (tertiary/aromatic N) is 3. The molecule has 0 spiro atoms. The Balaban J connectivity index is 1.34. The second-order valence-corrected chi connectivity index (χ2v) is 8.05. The maximum atomic E-state index is 12.4. The Morgan fingerprint density at radius 3 is 2.93 bits per heavy atom. The molecule has 146 valence electrons. The molecule has 1 atom stereocenters. The minimum Gasteiger partial charge on any atom is -0.339 e. The molecule has 1 aromatic carbocycles. The highest BCUT2D eigenvalue weighted by atomic mass is 32.1. The molecule has 3 heterocycles. The topological polar surface area (TPSA) is 71.3 Å². The first-order valence-corrected chi connectivity index (χ1v) is 10.6. The third kappa shape index (κ3) is 4.48. The van der Waals surface area contributed by atoms with E-state index in [-0.39, 0.29) is 11.8 Å². The van der Waals surface area contributed by atoms with Gasteiger partial charge in [0.25, 0.3) is 0 Å². The third-order valence-corrected chi connectivity index (χ3v) is 5.92. The summed E-state index contributed by atoms with van der Waals surface area (Å²) in [5, 5.41) is 9.11. The Kier molecular flexibility index (Phi) is 5.83. The number of benzene rings is 1. The van der Waals surface area contributed by atoms with Crippen molar-refractivity contribution >= 4 is 22.9 Å². The number of hydrogen-bond donors (Lipinski definition) is 1. The molecule has 28 heavy (non-hydrogen) atoms. The van der Waals surface area contributed by atoms with Crippen molar-refractivity contribution in [3.8, 4) is 10.7 Å². The monoisotopic (exact) mass is 396 g/mol. The first kappa shape index (κ1) is 18.8. The van der Waals surface area contributed by atoms with Gasteiger partial charge in [0, 0.05) is 12.2 Å². The molecule has 0 aliphatic carbocycles. The zero-order valence-corrected chi connectivity index (χ0v) is 16.7. The highest BCUT2D eigenvalue weighted by Crippen LogP contribution is 2.28. The van der Waals surface area contributed by atoms with Gasteiger partial charge in [0.1, 0.15) is 0 Å². The Morgan fingerprint density at radius 2 is 2.18 bits per heavy atom. The summed E-state index contributed by atoms with van der Waals surface area (Å²) in [7, 11) is 0. The molecule has 1 aliphatic heterocycles. The zero-order chi connectivity index (χ0) is 19.3. The molecule has 2 aromatic heterocycles. The highest BCUT2D eigenvalue weighted by Gasteiger charge is 2.27. The highest BCUT2D eigenvalue weighted by molar-refractivity contribution is 7.13. The van der Waals surface area contributed by atoms with E-state index in [1.807, 2.05) is 41.8 Å². The second kappa shape index (κ2) is 8.67.